The minimum absolute atomic E-state index is 0.0529. The van der Waals surface area contributed by atoms with Gasteiger partial charge in [-0.25, -0.2) is 0 Å². The first-order chi connectivity index (χ1) is 13.6. The number of hydrogen-bond donors (Lipinski definition) is 0. The van der Waals surface area contributed by atoms with Crippen molar-refractivity contribution in [1.29, 1.82) is 0 Å². The van der Waals surface area contributed by atoms with Crippen LogP contribution in [0.3, 0.4) is 0 Å². The smallest absolute Gasteiger partial charge is 0.129 e. The molecule has 1 fully saturated rings. The molecule has 3 aromatic rings. The molecule has 0 aliphatic carbocycles. The van der Waals surface area contributed by atoms with Crippen molar-refractivity contribution < 1.29 is 0 Å². The van der Waals surface area contributed by atoms with Crippen LogP contribution in [0.25, 0.3) is 0 Å². The molecule has 0 bridgehead atoms. The van der Waals surface area contributed by atoms with Crippen molar-refractivity contribution in [3.05, 3.63) is 101 Å². The highest BCUT2D eigenvalue weighted by Gasteiger charge is 2.59. The molecule has 2 heterocycles. The Hall–Kier alpha value is -2.62. The molecule has 3 aromatic carbocycles. The second-order valence-corrected chi connectivity index (χ2v) is 8.06. The number of hydrogen-bond acceptors (Lipinski definition) is 3. The highest BCUT2D eigenvalue weighted by atomic mass is 35.5. The Morgan fingerprint density at radius 1 is 0.786 bits per heavy atom. The van der Waals surface area contributed by atoms with E-state index in [4.69, 9.17) is 16.6 Å². The molecule has 0 amide bonds. The lowest BCUT2D eigenvalue weighted by molar-refractivity contribution is 0.404. The minimum atomic E-state index is 0.0529. The average molecular weight is 388 g/mol. The highest BCUT2D eigenvalue weighted by Crippen LogP contribution is 2.55. The van der Waals surface area contributed by atoms with Gasteiger partial charge in [0.1, 0.15) is 6.17 Å². The second-order valence-electron chi connectivity index (χ2n) is 7.63. The maximum Gasteiger partial charge on any atom is 0.129 e. The first-order valence-electron chi connectivity index (χ1n) is 9.57. The fourth-order valence-electron chi connectivity index (χ4n) is 4.18. The third kappa shape index (κ3) is 2.92. The van der Waals surface area contributed by atoms with E-state index in [-0.39, 0.29) is 6.17 Å². The van der Waals surface area contributed by atoms with Crippen LogP contribution in [0.2, 0.25) is 5.02 Å². The molecular formula is C24H22ClN3. The summed E-state index contributed by atoms with van der Waals surface area (Å²) in [6.45, 7) is 0. The second kappa shape index (κ2) is 6.77. The summed E-state index contributed by atoms with van der Waals surface area (Å²) in [5.41, 5.74) is 6.10. The SMILES string of the molecule is CN(C)c1ccc([C@@H]2N=C(c3ccc(Cl)cc3)[C@H]3[C@H](c4ccccc4)N23)cc1. The van der Waals surface area contributed by atoms with Crippen LogP contribution in [0.1, 0.15) is 28.9 Å². The average Bonchev–Trinajstić information content (AvgIpc) is 3.34. The van der Waals surface area contributed by atoms with Gasteiger partial charge in [0.05, 0.1) is 17.8 Å². The van der Waals surface area contributed by atoms with Gasteiger partial charge in [-0.1, -0.05) is 66.2 Å². The predicted octanol–water partition coefficient (Wildman–Crippen LogP) is 5.33. The zero-order valence-corrected chi connectivity index (χ0v) is 16.7. The molecule has 1 saturated heterocycles. The molecule has 0 N–H and O–H groups in total. The van der Waals surface area contributed by atoms with Gasteiger partial charge < -0.3 is 4.90 Å². The van der Waals surface area contributed by atoms with Gasteiger partial charge in [0.2, 0.25) is 0 Å². The van der Waals surface area contributed by atoms with E-state index < -0.39 is 0 Å². The molecule has 5 rings (SSSR count). The van der Waals surface area contributed by atoms with Crippen molar-refractivity contribution in [1.82, 2.24) is 4.90 Å². The maximum atomic E-state index is 6.10. The fraction of sp³-hybridized carbons (Fsp3) is 0.208. The number of halogens is 1. The summed E-state index contributed by atoms with van der Waals surface area (Å²) in [5, 5.41) is 0.755. The van der Waals surface area contributed by atoms with Crippen LogP contribution in [-0.4, -0.2) is 30.7 Å². The van der Waals surface area contributed by atoms with E-state index in [1.165, 1.54) is 16.8 Å². The third-order valence-corrected chi connectivity index (χ3v) is 5.92. The van der Waals surface area contributed by atoms with E-state index in [9.17, 15) is 0 Å². The molecule has 140 valence electrons. The summed E-state index contributed by atoms with van der Waals surface area (Å²) in [7, 11) is 4.13. The van der Waals surface area contributed by atoms with Gasteiger partial charge in [-0.3, -0.25) is 9.89 Å². The summed E-state index contributed by atoms with van der Waals surface area (Å²) < 4.78 is 0. The first kappa shape index (κ1) is 17.5. The lowest BCUT2D eigenvalue weighted by atomic mass is 10.0. The van der Waals surface area contributed by atoms with Crippen LogP contribution in [0, 0.1) is 0 Å². The van der Waals surface area contributed by atoms with E-state index in [0.717, 1.165) is 16.3 Å². The van der Waals surface area contributed by atoms with Crippen molar-refractivity contribution in [3.63, 3.8) is 0 Å². The molecule has 2 aliphatic heterocycles. The lowest BCUT2D eigenvalue weighted by Crippen LogP contribution is -2.10. The lowest BCUT2D eigenvalue weighted by Gasteiger charge is -2.17. The quantitative estimate of drug-likeness (QED) is 0.563. The van der Waals surface area contributed by atoms with Crippen LogP contribution in [0.4, 0.5) is 5.69 Å². The number of rotatable bonds is 4. The zero-order chi connectivity index (χ0) is 19.3. The number of fused-ring (bicyclic) bond motifs is 1. The first-order valence-corrected chi connectivity index (χ1v) is 9.94. The molecule has 0 spiro atoms. The van der Waals surface area contributed by atoms with Crippen molar-refractivity contribution in [3.8, 4) is 0 Å². The molecule has 1 unspecified atom stereocenters. The van der Waals surface area contributed by atoms with Gasteiger partial charge in [-0.05, 0) is 41.0 Å². The monoisotopic (exact) mass is 387 g/mol. The Bertz CT molecular complexity index is 1010. The van der Waals surface area contributed by atoms with Gasteiger partial charge >= 0.3 is 0 Å². The molecule has 4 atom stereocenters. The topological polar surface area (TPSA) is 18.6 Å². The van der Waals surface area contributed by atoms with Crippen molar-refractivity contribution in [2.45, 2.75) is 18.2 Å². The molecule has 2 aliphatic rings. The molecular weight excluding hydrogens is 366 g/mol. The van der Waals surface area contributed by atoms with E-state index in [1.54, 1.807) is 0 Å². The standard InChI is InChI=1S/C24H22ClN3/c1-27(2)20-14-10-18(11-15-20)24-26-21(16-8-12-19(25)13-9-16)23-22(28(23)24)17-6-4-3-5-7-17/h3-15,22-24H,1-2H3/t22-,23-,24+,28?/m0/s1. The summed E-state index contributed by atoms with van der Waals surface area (Å²) in [4.78, 5) is 9.75. The normalized spacial score (nSPS) is 25.2. The van der Waals surface area contributed by atoms with Gasteiger partial charge in [-0.2, -0.15) is 0 Å². The zero-order valence-electron chi connectivity index (χ0n) is 16.0. The highest BCUT2D eigenvalue weighted by molar-refractivity contribution is 6.30. The fourth-order valence-corrected chi connectivity index (χ4v) is 4.31. The Labute approximate surface area is 170 Å². The maximum absolute atomic E-state index is 6.10. The van der Waals surface area contributed by atoms with Gasteiger partial charge in [0.15, 0.2) is 0 Å². The molecule has 28 heavy (non-hydrogen) atoms. The number of anilines is 1. The van der Waals surface area contributed by atoms with Crippen molar-refractivity contribution in [2.75, 3.05) is 19.0 Å². The van der Waals surface area contributed by atoms with E-state index >= 15 is 0 Å². The Morgan fingerprint density at radius 2 is 1.46 bits per heavy atom. The van der Waals surface area contributed by atoms with Crippen LogP contribution < -0.4 is 4.90 Å². The van der Waals surface area contributed by atoms with E-state index in [1.807, 2.05) is 12.1 Å². The van der Waals surface area contributed by atoms with Crippen molar-refractivity contribution >= 4 is 23.0 Å². The molecule has 0 aromatic heterocycles. The van der Waals surface area contributed by atoms with Crippen LogP contribution in [-0.2, 0) is 0 Å². The minimum Gasteiger partial charge on any atom is -0.378 e. The number of aliphatic imine (C=N–C) groups is 1. The third-order valence-electron chi connectivity index (χ3n) is 5.66. The van der Waals surface area contributed by atoms with Crippen LogP contribution in [0.15, 0.2) is 83.9 Å². The summed E-state index contributed by atoms with van der Waals surface area (Å²) >= 11 is 6.10. The largest absolute Gasteiger partial charge is 0.378 e. The number of nitrogens with zero attached hydrogens (tertiary/aromatic N) is 3. The van der Waals surface area contributed by atoms with Crippen LogP contribution in [0.5, 0.6) is 0 Å². The van der Waals surface area contributed by atoms with E-state index in [2.05, 4.69) is 90.6 Å². The summed E-state index contributed by atoms with van der Waals surface area (Å²) in [6, 6.07) is 28.2. The number of benzene rings is 3. The van der Waals surface area contributed by atoms with Gasteiger partial charge in [0, 0.05) is 24.8 Å². The molecule has 3 nitrogen and oxygen atoms in total. The molecule has 0 radical (unpaired) electrons. The van der Waals surface area contributed by atoms with E-state index in [0.29, 0.717) is 12.1 Å². The van der Waals surface area contributed by atoms with Gasteiger partial charge in [0.25, 0.3) is 0 Å². The predicted molar refractivity (Wildman–Crippen MR) is 116 cm³/mol. The molecule has 0 saturated carbocycles. The van der Waals surface area contributed by atoms with Crippen LogP contribution >= 0.6 is 11.6 Å². The summed E-state index contributed by atoms with van der Waals surface area (Å²) in [6.07, 6.45) is 0.0529. The van der Waals surface area contributed by atoms with Gasteiger partial charge in [-0.15, -0.1) is 0 Å². The molecule has 4 heteroatoms. The summed E-state index contributed by atoms with van der Waals surface area (Å²) in [5.74, 6) is 0. The Kier molecular flexibility index (Phi) is 4.22. The Balaban J connectivity index is 1.53. The Morgan fingerprint density at radius 3 is 2.11 bits per heavy atom. The van der Waals surface area contributed by atoms with Crippen molar-refractivity contribution in [2.24, 2.45) is 4.99 Å².